The second-order valence-electron chi connectivity index (χ2n) is 5.87. The summed E-state index contributed by atoms with van der Waals surface area (Å²) in [6.45, 7) is 1.90. The zero-order chi connectivity index (χ0) is 16.8. The molecule has 1 fully saturated rings. The van der Waals surface area contributed by atoms with Gasteiger partial charge in [-0.15, -0.1) is 0 Å². The number of nitrogens with zero attached hydrogens (tertiary/aromatic N) is 2. The number of nitrogens with one attached hydrogen (secondary N) is 2. The van der Waals surface area contributed by atoms with Crippen LogP contribution in [0.4, 0.5) is 15.0 Å². The number of carbonyl (C=O) groups is 1. The quantitative estimate of drug-likeness (QED) is 0.907. The van der Waals surface area contributed by atoms with E-state index in [9.17, 15) is 9.18 Å². The normalized spacial score (nSPS) is 15.1. The number of piperidine rings is 1. The average Bonchev–Trinajstić information content (AvgIpc) is 2.62. The van der Waals surface area contributed by atoms with Gasteiger partial charge in [0.2, 0.25) is 0 Å². The van der Waals surface area contributed by atoms with Gasteiger partial charge in [0.05, 0.1) is 0 Å². The van der Waals surface area contributed by atoms with Crippen LogP contribution in [0.3, 0.4) is 0 Å². The molecule has 0 bridgehead atoms. The molecule has 2 amide bonds. The first-order chi connectivity index (χ1) is 11.7. The summed E-state index contributed by atoms with van der Waals surface area (Å²) in [5, 5.41) is 5.67. The van der Waals surface area contributed by atoms with Gasteiger partial charge in [-0.05, 0) is 31.0 Å². The van der Waals surface area contributed by atoms with Gasteiger partial charge in [-0.3, -0.25) is 0 Å². The topological polar surface area (TPSA) is 57.3 Å². The van der Waals surface area contributed by atoms with Crippen LogP contribution in [0.1, 0.15) is 18.4 Å². The number of anilines is 1. The fraction of sp³-hybridized carbons (Fsp3) is 0.333. The highest BCUT2D eigenvalue weighted by molar-refractivity contribution is 5.74. The van der Waals surface area contributed by atoms with E-state index in [2.05, 4.69) is 20.5 Å². The van der Waals surface area contributed by atoms with Crippen LogP contribution in [0.5, 0.6) is 0 Å². The zero-order valence-electron chi connectivity index (χ0n) is 13.4. The highest BCUT2D eigenvalue weighted by atomic mass is 19.1. The van der Waals surface area contributed by atoms with Gasteiger partial charge in [0.15, 0.2) is 0 Å². The standard InChI is InChI=1S/C18H21FN4O/c19-16-6-2-1-5-14(16)13-21-18(24)22-15-8-11-23(12-9-15)17-7-3-4-10-20-17/h1-7,10,15H,8-9,11-13H2,(H2,21,22,24). The molecule has 3 rings (SSSR count). The van der Waals surface area contributed by atoms with Crippen molar-refractivity contribution in [3.05, 3.63) is 60.0 Å². The lowest BCUT2D eigenvalue weighted by atomic mass is 10.1. The van der Waals surface area contributed by atoms with Crippen molar-refractivity contribution in [2.45, 2.75) is 25.4 Å². The van der Waals surface area contributed by atoms with E-state index in [1.807, 2.05) is 18.2 Å². The fourth-order valence-electron chi connectivity index (χ4n) is 2.85. The molecule has 0 spiro atoms. The smallest absolute Gasteiger partial charge is 0.315 e. The number of hydrogen-bond donors (Lipinski definition) is 2. The Hall–Kier alpha value is -2.63. The Labute approximate surface area is 140 Å². The van der Waals surface area contributed by atoms with Crippen molar-refractivity contribution < 1.29 is 9.18 Å². The summed E-state index contributed by atoms with van der Waals surface area (Å²) >= 11 is 0. The Balaban J connectivity index is 1.43. The van der Waals surface area contributed by atoms with Gasteiger partial charge < -0.3 is 15.5 Å². The van der Waals surface area contributed by atoms with Gasteiger partial charge in [0.1, 0.15) is 11.6 Å². The van der Waals surface area contributed by atoms with Crippen LogP contribution < -0.4 is 15.5 Å². The van der Waals surface area contributed by atoms with E-state index in [1.54, 1.807) is 24.4 Å². The monoisotopic (exact) mass is 328 g/mol. The maximum absolute atomic E-state index is 13.5. The van der Waals surface area contributed by atoms with Crippen LogP contribution in [0.25, 0.3) is 0 Å². The maximum Gasteiger partial charge on any atom is 0.315 e. The molecular weight excluding hydrogens is 307 g/mol. The van der Waals surface area contributed by atoms with Crippen molar-refractivity contribution in [2.24, 2.45) is 0 Å². The van der Waals surface area contributed by atoms with Gasteiger partial charge in [-0.25, -0.2) is 14.2 Å². The molecule has 24 heavy (non-hydrogen) atoms. The molecule has 2 N–H and O–H groups in total. The third-order valence-corrected chi connectivity index (χ3v) is 4.20. The molecule has 6 heteroatoms. The Morgan fingerprint density at radius 1 is 1.17 bits per heavy atom. The molecule has 1 aliphatic rings. The van der Waals surface area contributed by atoms with Crippen LogP contribution in [-0.2, 0) is 6.54 Å². The lowest BCUT2D eigenvalue weighted by molar-refractivity contribution is 0.234. The molecule has 2 heterocycles. The Morgan fingerprint density at radius 3 is 2.62 bits per heavy atom. The van der Waals surface area contributed by atoms with Crippen LogP contribution in [-0.4, -0.2) is 30.1 Å². The third kappa shape index (κ3) is 4.22. The predicted octanol–water partition coefficient (Wildman–Crippen LogP) is 2.69. The van der Waals surface area contributed by atoms with Gasteiger partial charge in [-0.2, -0.15) is 0 Å². The largest absolute Gasteiger partial charge is 0.356 e. The Bertz CT molecular complexity index is 672. The van der Waals surface area contributed by atoms with Gasteiger partial charge in [0.25, 0.3) is 0 Å². The van der Waals surface area contributed by atoms with Crippen molar-refractivity contribution in [1.82, 2.24) is 15.6 Å². The van der Waals surface area contributed by atoms with E-state index in [0.717, 1.165) is 31.7 Å². The minimum absolute atomic E-state index is 0.130. The van der Waals surface area contributed by atoms with Crippen molar-refractivity contribution in [3.63, 3.8) is 0 Å². The summed E-state index contributed by atoms with van der Waals surface area (Å²) in [7, 11) is 0. The molecular formula is C18H21FN4O. The van der Waals surface area contributed by atoms with Crippen LogP contribution in [0.15, 0.2) is 48.7 Å². The Morgan fingerprint density at radius 2 is 1.92 bits per heavy atom. The molecule has 1 saturated heterocycles. The molecule has 5 nitrogen and oxygen atoms in total. The fourth-order valence-corrected chi connectivity index (χ4v) is 2.85. The summed E-state index contributed by atoms with van der Waals surface area (Å²) in [6.07, 6.45) is 3.52. The van der Waals surface area contributed by atoms with Crippen molar-refractivity contribution in [1.29, 1.82) is 0 Å². The molecule has 0 aliphatic carbocycles. The zero-order valence-corrected chi connectivity index (χ0v) is 13.4. The lowest BCUT2D eigenvalue weighted by Crippen LogP contribution is -2.48. The number of carbonyl (C=O) groups excluding carboxylic acids is 1. The van der Waals surface area contributed by atoms with E-state index in [-0.39, 0.29) is 24.4 Å². The number of pyridine rings is 1. The second kappa shape index (κ2) is 7.77. The van der Waals surface area contributed by atoms with E-state index < -0.39 is 0 Å². The van der Waals surface area contributed by atoms with Crippen molar-refractivity contribution in [3.8, 4) is 0 Å². The first-order valence-electron chi connectivity index (χ1n) is 8.16. The highest BCUT2D eigenvalue weighted by Gasteiger charge is 2.21. The molecule has 0 atom stereocenters. The molecule has 0 unspecified atom stereocenters. The van der Waals surface area contributed by atoms with E-state index >= 15 is 0 Å². The van der Waals surface area contributed by atoms with Crippen LogP contribution in [0.2, 0.25) is 0 Å². The molecule has 1 aromatic heterocycles. The highest BCUT2D eigenvalue weighted by Crippen LogP contribution is 2.17. The molecule has 2 aromatic rings. The van der Waals surface area contributed by atoms with Gasteiger partial charge in [0, 0.05) is 37.4 Å². The lowest BCUT2D eigenvalue weighted by Gasteiger charge is -2.33. The molecule has 1 aliphatic heterocycles. The van der Waals surface area contributed by atoms with E-state index in [4.69, 9.17) is 0 Å². The van der Waals surface area contributed by atoms with Crippen LogP contribution in [0, 0.1) is 5.82 Å². The molecule has 126 valence electrons. The second-order valence-corrected chi connectivity index (χ2v) is 5.87. The average molecular weight is 328 g/mol. The number of rotatable bonds is 4. The minimum atomic E-state index is -0.304. The predicted molar refractivity (Wildman–Crippen MR) is 91.2 cm³/mol. The number of aromatic nitrogens is 1. The van der Waals surface area contributed by atoms with Gasteiger partial charge in [-0.1, -0.05) is 24.3 Å². The number of hydrogen-bond acceptors (Lipinski definition) is 3. The van der Waals surface area contributed by atoms with Gasteiger partial charge >= 0.3 is 6.03 Å². The summed E-state index contributed by atoms with van der Waals surface area (Å²) in [4.78, 5) is 18.5. The maximum atomic E-state index is 13.5. The third-order valence-electron chi connectivity index (χ3n) is 4.20. The first kappa shape index (κ1) is 16.2. The number of benzene rings is 1. The Kier molecular flexibility index (Phi) is 5.25. The van der Waals surface area contributed by atoms with Crippen molar-refractivity contribution in [2.75, 3.05) is 18.0 Å². The molecule has 1 aromatic carbocycles. The summed E-state index contributed by atoms with van der Waals surface area (Å²) in [5.74, 6) is 0.668. The summed E-state index contributed by atoms with van der Waals surface area (Å²) in [6, 6.07) is 12.2. The minimum Gasteiger partial charge on any atom is -0.356 e. The van der Waals surface area contributed by atoms with E-state index in [0.29, 0.717) is 5.56 Å². The SMILES string of the molecule is O=C(NCc1ccccc1F)NC1CCN(c2ccccn2)CC1. The molecule has 0 saturated carbocycles. The molecule has 0 radical (unpaired) electrons. The van der Waals surface area contributed by atoms with Crippen LogP contribution >= 0.6 is 0 Å². The number of urea groups is 1. The summed E-state index contributed by atoms with van der Waals surface area (Å²) in [5.41, 5.74) is 0.484. The van der Waals surface area contributed by atoms with Crippen molar-refractivity contribution >= 4 is 11.8 Å². The number of halogens is 1. The summed E-state index contributed by atoms with van der Waals surface area (Å²) < 4.78 is 13.5. The first-order valence-corrected chi connectivity index (χ1v) is 8.16. The van der Waals surface area contributed by atoms with E-state index in [1.165, 1.54) is 6.07 Å². The number of amides is 2.